The Balaban J connectivity index is 2.00. The van der Waals surface area contributed by atoms with E-state index in [2.05, 4.69) is 5.32 Å². The van der Waals surface area contributed by atoms with Crippen molar-refractivity contribution in [2.75, 3.05) is 17.4 Å². The van der Waals surface area contributed by atoms with E-state index in [0.29, 0.717) is 17.1 Å². The minimum absolute atomic E-state index is 0.0165. The predicted molar refractivity (Wildman–Crippen MR) is 151 cm³/mol. The fourth-order valence-corrected chi connectivity index (χ4v) is 5.34. The molecule has 0 bridgehead atoms. The van der Waals surface area contributed by atoms with Gasteiger partial charge in [0, 0.05) is 18.1 Å². The zero-order chi connectivity index (χ0) is 28.7. The number of carbonyl (C=O) groups is 2. The molecule has 0 unspecified atom stereocenters. The van der Waals surface area contributed by atoms with Crippen LogP contribution < -0.4 is 9.62 Å². The lowest BCUT2D eigenvalue weighted by atomic mass is 10.1. The molecule has 0 radical (unpaired) electrons. The summed E-state index contributed by atoms with van der Waals surface area (Å²) in [4.78, 5) is 28.1. The largest absolute Gasteiger partial charge is 0.354 e. The van der Waals surface area contributed by atoms with Crippen molar-refractivity contribution in [3.8, 4) is 0 Å². The molecule has 0 aliphatic carbocycles. The van der Waals surface area contributed by atoms with Gasteiger partial charge in [-0.3, -0.25) is 13.9 Å². The third-order valence-electron chi connectivity index (χ3n) is 6.12. The lowest BCUT2D eigenvalue weighted by Crippen LogP contribution is -2.51. The molecule has 0 aliphatic rings. The van der Waals surface area contributed by atoms with Crippen molar-refractivity contribution < 1.29 is 22.4 Å². The zero-order valence-electron chi connectivity index (χ0n) is 22.4. The van der Waals surface area contributed by atoms with Crippen LogP contribution in [0.25, 0.3) is 0 Å². The van der Waals surface area contributed by atoms with E-state index in [-0.39, 0.29) is 29.0 Å². The highest BCUT2D eigenvalue weighted by atomic mass is 35.5. The Morgan fingerprint density at radius 2 is 1.51 bits per heavy atom. The van der Waals surface area contributed by atoms with Crippen molar-refractivity contribution in [1.82, 2.24) is 10.2 Å². The Kier molecular flexibility index (Phi) is 10.1. The van der Waals surface area contributed by atoms with Gasteiger partial charge < -0.3 is 10.2 Å². The first-order valence-electron chi connectivity index (χ1n) is 12.5. The predicted octanol–water partition coefficient (Wildman–Crippen LogP) is 5.17. The van der Waals surface area contributed by atoms with Crippen LogP contribution in [0.1, 0.15) is 31.9 Å². The molecular weight excluding hydrogens is 541 g/mol. The molecule has 10 heteroatoms. The van der Waals surface area contributed by atoms with Crippen LogP contribution in [-0.2, 0) is 26.2 Å². The van der Waals surface area contributed by atoms with Crippen molar-refractivity contribution in [3.05, 3.63) is 94.8 Å². The van der Waals surface area contributed by atoms with E-state index in [4.69, 9.17) is 11.6 Å². The molecule has 1 atom stereocenters. The highest BCUT2D eigenvalue weighted by Gasteiger charge is 2.32. The maximum Gasteiger partial charge on any atom is 0.264 e. The van der Waals surface area contributed by atoms with E-state index in [0.717, 1.165) is 22.0 Å². The number of aryl methyl sites for hydroxylation is 1. The number of benzene rings is 3. The van der Waals surface area contributed by atoms with Crippen molar-refractivity contribution in [1.29, 1.82) is 0 Å². The Hall–Kier alpha value is -3.43. The molecule has 39 heavy (non-hydrogen) atoms. The van der Waals surface area contributed by atoms with Crippen molar-refractivity contribution in [2.45, 2.75) is 45.2 Å². The third kappa shape index (κ3) is 8.03. The van der Waals surface area contributed by atoms with E-state index in [1.165, 1.54) is 29.2 Å². The van der Waals surface area contributed by atoms with Gasteiger partial charge >= 0.3 is 0 Å². The first-order valence-corrected chi connectivity index (χ1v) is 14.4. The first kappa shape index (κ1) is 30.1. The average Bonchev–Trinajstić information content (AvgIpc) is 2.90. The van der Waals surface area contributed by atoms with Crippen molar-refractivity contribution >= 4 is 39.1 Å². The smallest absolute Gasteiger partial charge is 0.264 e. The normalized spacial score (nSPS) is 12.2. The standard InChI is InChI=1S/C29H33ClFN3O4S/c1-20(2)17-32-29(36)22(4)33(18-23-7-9-24(30)10-8-23)28(35)19-34(26-13-11-25(31)12-14-26)39(37,38)27-15-5-21(3)6-16-27/h5-16,20,22H,17-19H2,1-4H3,(H,32,36)/t22-/m1/s1. The van der Waals surface area contributed by atoms with Gasteiger partial charge in [-0.2, -0.15) is 0 Å². The van der Waals surface area contributed by atoms with Gasteiger partial charge in [0.2, 0.25) is 11.8 Å². The van der Waals surface area contributed by atoms with Crippen LogP contribution in [0.5, 0.6) is 0 Å². The van der Waals surface area contributed by atoms with Crippen LogP contribution in [0.3, 0.4) is 0 Å². The molecule has 2 amide bonds. The Morgan fingerprint density at radius 3 is 2.08 bits per heavy atom. The molecule has 0 fully saturated rings. The van der Waals surface area contributed by atoms with Crippen LogP contribution in [-0.4, -0.2) is 44.3 Å². The molecule has 3 rings (SSSR count). The van der Waals surface area contributed by atoms with Crippen LogP contribution in [0, 0.1) is 18.7 Å². The summed E-state index contributed by atoms with van der Waals surface area (Å²) in [6, 6.07) is 17.0. The number of rotatable bonds is 11. The molecule has 1 N–H and O–H groups in total. The van der Waals surface area contributed by atoms with Crippen LogP contribution in [0.2, 0.25) is 5.02 Å². The fourth-order valence-electron chi connectivity index (χ4n) is 3.80. The van der Waals surface area contributed by atoms with E-state index in [9.17, 15) is 22.4 Å². The van der Waals surface area contributed by atoms with Crippen molar-refractivity contribution in [2.24, 2.45) is 5.92 Å². The molecule has 3 aromatic rings. The number of halogens is 2. The van der Waals surface area contributed by atoms with E-state index in [1.807, 2.05) is 20.8 Å². The quantitative estimate of drug-likeness (QED) is 0.343. The van der Waals surface area contributed by atoms with E-state index >= 15 is 0 Å². The van der Waals surface area contributed by atoms with Crippen LogP contribution in [0.4, 0.5) is 10.1 Å². The molecule has 208 valence electrons. The summed E-state index contributed by atoms with van der Waals surface area (Å²) in [5.41, 5.74) is 1.70. The van der Waals surface area contributed by atoms with Gasteiger partial charge in [0.15, 0.2) is 0 Å². The molecule has 3 aromatic carbocycles. The number of hydrogen-bond acceptors (Lipinski definition) is 4. The molecule has 0 saturated carbocycles. The zero-order valence-corrected chi connectivity index (χ0v) is 24.0. The summed E-state index contributed by atoms with van der Waals surface area (Å²) >= 11 is 6.02. The molecule has 0 aromatic heterocycles. The molecule has 0 saturated heterocycles. The number of nitrogens with zero attached hydrogens (tertiary/aromatic N) is 2. The van der Waals surface area contributed by atoms with Gasteiger partial charge in [0.05, 0.1) is 10.6 Å². The highest BCUT2D eigenvalue weighted by molar-refractivity contribution is 7.92. The number of carbonyl (C=O) groups excluding carboxylic acids is 2. The SMILES string of the molecule is Cc1ccc(S(=O)(=O)N(CC(=O)N(Cc2ccc(Cl)cc2)[C@H](C)C(=O)NCC(C)C)c2ccc(F)cc2)cc1. The van der Waals surface area contributed by atoms with E-state index in [1.54, 1.807) is 43.3 Å². The van der Waals surface area contributed by atoms with Gasteiger partial charge in [-0.25, -0.2) is 12.8 Å². The molecule has 0 heterocycles. The van der Waals surface area contributed by atoms with Crippen LogP contribution in [0.15, 0.2) is 77.7 Å². The Bertz CT molecular complexity index is 1380. The summed E-state index contributed by atoms with van der Waals surface area (Å²) in [7, 11) is -4.21. The number of hydrogen-bond donors (Lipinski definition) is 1. The number of sulfonamides is 1. The first-order chi connectivity index (χ1) is 18.4. The molecule has 0 aliphatic heterocycles. The summed E-state index contributed by atoms with van der Waals surface area (Å²) in [6.45, 7) is 7.22. The molecule has 0 spiro atoms. The van der Waals surface area contributed by atoms with Gasteiger partial charge in [-0.1, -0.05) is 55.3 Å². The fraction of sp³-hybridized carbons (Fsp3) is 0.310. The maximum atomic E-state index is 13.8. The number of anilines is 1. The van der Waals surface area contributed by atoms with E-state index < -0.39 is 34.3 Å². The second-order valence-electron chi connectivity index (χ2n) is 9.76. The number of nitrogens with one attached hydrogen (secondary N) is 1. The van der Waals surface area contributed by atoms with Gasteiger partial charge in [-0.15, -0.1) is 0 Å². The second-order valence-corrected chi connectivity index (χ2v) is 12.1. The second kappa shape index (κ2) is 13.1. The van der Waals surface area contributed by atoms with Gasteiger partial charge in [0.1, 0.15) is 18.4 Å². The summed E-state index contributed by atoms with van der Waals surface area (Å²) in [5.74, 6) is -1.30. The minimum atomic E-state index is -4.21. The van der Waals surface area contributed by atoms with Gasteiger partial charge in [0.25, 0.3) is 10.0 Å². The Morgan fingerprint density at radius 1 is 0.923 bits per heavy atom. The van der Waals surface area contributed by atoms with Gasteiger partial charge in [-0.05, 0) is 73.9 Å². The molecular formula is C29H33ClFN3O4S. The minimum Gasteiger partial charge on any atom is -0.354 e. The highest BCUT2D eigenvalue weighted by Crippen LogP contribution is 2.25. The summed E-state index contributed by atoms with van der Waals surface area (Å²) in [5, 5.41) is 3.36. The lowest BCUT2D eigenvalue weighted by Gasteiger charge is -2.32. The summed E-state index contributed by atoms with van der Waals surface area (Å²) < 4.78 is 42.1. The summed E-state index contributed by atoms with van der Waals surface area (Å²) in [6.07, 6.45) is 0. The molecule has 7 nitrogen and oxygen atoms in total. The number of amides is 2. The maximum absolute atomic E-state index is 13.8. The van der Waals surface area contributed by atoms with Crippen molar-refractivity contribution in [3.63, 3.8) is 0 Å². The lowest BCUT2D eigenvalue weighted by molar-refractivity contribution is -0.139. The average molecular weight is 574 g/mol. The van der Waals surface area contributed by atoms with Crippen LogP contribution >= 0.6 is 11.6 Å². The topological polar surface area (TPSA) is 86.8 Å². The third-order valence-corrected chi connectivity index (χ3v) is 8.16. The Labute approximate surface area is 234 Å². The monoisotopic (exact) mass is 573 g/mol.